The van der Waals surface area contributed by atoms with Crippen LogP contribution in [0.2, 0.25) is 0 Å². The summed E-state index contributed by atoms with van der Waals surface area (Å²) in [4.78, 5) is 14.8. The predicted octanol–water partition coefficient (Wildman–Crippen LogP) is 2.45. The van der Waals surface area contributed by atoms with Crippen molar-refractivity contribution in [3.05, 3.63) is 35.4 Å². The lowest BCUT2D eigenvalue weighted by Crippen LogP contribution is -2.45. The molecule has 104 valence electrons. The normalized spacial score (nSPS) is 23.4. The highest BCUT2D eigenvalue weighted by Crippen LogP contribution is 2.24. The van der Waals surface area contributed by atoms with Gasteiger partial charge in [-0.25, -0.2) is 0 Å². The Balaban J connectivity index is 2.23. The highest BCUT2D eigenvalue weighted by Gasteiger charge is 2.28. The average Bonchev–Trinajstić information content (AvgIpc) is 2.42. The van der Waals surface area contributed by atoms with E-state index in [1.165, 1.54) is 6.42 Å². The molecule has 3 nitrogen and oxygen atoms in total. The third-order valence-corrected chi connectivity index (χ3v) is 4.04. The van der Waals surface area contributed by atoms with E-state index in [1.54, 1.807) is 0 Å². The van der Waals surface area contributed by atoms with Gasteiger partial charge in [0.15, 0.2) is 0 Å². The Morgan fingerprint density at radius 3 is 2.79 bits per heavy atom. The molecular formula is C16H24N2O. The van der Waals surface area contributed by atoms with Crippen LogP contribution in [0.5, 0.6) is 0 Å². The van der Waals surface area contributed by atoms with Gasteiger partial charge in [0.05, 0.1) is 0 Å². The van der Waals surface area contributed by atoms with Crippen LogP contribution in [-0.2, 0) is 6.42 Å². The minimum Gasteiger partial charge on any atom is -0.336 e. The Morgan fingerprint density at radius 2 is 2.05 bits per heavy atom. The van der Waals surface area contributed by atoms with Crippen LogP contribution in [0.1, 0.15) is 42.6 Å². The van der Waals surface area contributed by atoms with Crippen LogP contribution in [0.15, 0.2) is 24.3 Å². The molecule has 3 heteroatoms. The van der Waals surface area contributed by atoms with E-state index in [1.807, 2.05) is 29.2 Å². The Bertz CT molecular complexity index is 444. The molecule has 0 bridgehead atoms. The standard InChI is InChI=1S/C16H24N2O/c1-12-7-8-13(2)18(11-12)16(19)15-6-4-3-5-14(15)9-10-17/h3-6,12-13H,7-11,17H2,1-2H3. The molecule has 2 N–H and O–H groups in total. The second-order valence-electron chi connectivity index (χ2n) is 5.68. The van der Waals surface area contributed by atoms with Gasteiger partial charge in [0, 0.05) is 18.2 Å². The number of rotatable bonds is 3. The van der Waals surface area contributed by atoms with Crippen molar-refractivity contribution in [1.82, 2.24) is 4.90 Å². The molecule has 1 aromatic rings. The van der Waals surface area contributed by atoms with Crippen LogP contribution in [0.3, 0.4) is 0 Å². The summed E-state index contributed by atoms with van der Waals surface area (Å²) in [5.41, 5.74) is 7.53. The number of likely N-dealkylation sites (tertiary alicyclic amines) is 1. The minimum absolute atomic E-state index is 0.170. The number of hydrogen-bond donors (Lipinski definition) is 1. The lowest BCUT2D eigenvalue weighted by Gasteiger charge is -2.37. The molecule has 1 saturated heterocycles. The highest BCUT2D eigenvalue weighted by molar-refractivity contribution is 5.96. The zero-order chi connectivity index (χ0) is 13.8. The van der Waals surface area contributed by atoms with Gasteiger partial charge in [-0.3, -0.25) is 4.79 Å². The van der Waals surface area contributed by atoms with Crippen LogP contribution in [-0.4, -0.2) is 29.9 Å². The average molecular weight is 260 g/mol. The maximum Gasteiger partial charge on any atom is 0.254 e. The summed E-state index contributed by atoms with van der Waals surface area (Å²) in [5.74, 6) is 0.768. The van der Waals surface area contributed by atoms with Gasteiger partial charge in [-0.15, -0.1) is 0 Å². The van der Waals surface area contributed by atoms with E-state index in [2.05, 4.69) is 13.8 Å². The Labute approximate surface area is 115 Å². The number of carbonyl (C=O) groups excluding carboxylic acids is 1. The zero-order valence-electron chi connectivity index (χ0n) is 11.9. The first-order chi connectivity index (χ1) is 9.13. The summed E-state index contributed by atoms with van der Waals surface area (Å²) >= 11 is 0. The maximum absolute atomic E-state index is 12.7. The molecule has 1 amide bonds. The quantitative estimate of drug-likeness (QED) is 0.907. The topological polar surface area (TPSA) is 46.3 Å². The van der Waals surface area contributed by atoms with Crippen LogP contribution >= 0.6 is 0 Å². The fraction of sp³-hybridized carbons (Fsp3) is 0.562. The fourth-order valence-corrected chi connectivity index (χ4v) is 2.83. The molecule has 1 aromatic carbocycles. The fourth-order valence-electron chi connectivity index (χ4n) is 2.83. The molecule has 0 aliphatic carbocycles. The van der Waals surface area contributed by atoms with Gasteiger partial charge < -0.3 is 10.6 Å². The number of nitrogens with two attached hydrogens (primary N) is 1. The van der Waals surface area contributed by atoms with Gasteiger partial charge in [0.1, 0.15) is 0 Å². The second-order valence-corrected chi connectivity index (χ2v) is 5.68. The van der Waals surface area contributed by atoms with Crippen molar-refractivity contribution < 1.29 is 4.79 Å². The third-order valence-electron chi connectivity index (χ3n) is 4.04. The van der Waals surface area contributed by atoms with Crippen LogP contribution in [0, 0.1) is 5.92 Å². The van der Waals surface area contributed by atoms with Crippen molar-refractivity contribution in [3.8, 4) is 0 Å². The van der Waals surface area contributed by atoms with Crippen LogP contribution in [0.4, 0.5) is 0 Å². The van der Waals surface area contributed by atoms with E-state index in [-0.39, 0.29) is 5.91 Å². The Morgan fingerprint density at radius 1 is 1.32 bits per heavy atom. The summed E-state index contributed by atoms with van der Waals surface area (Å²) in [5, 5.41) is 0. The summed E-state index contributed by atoms with van der Waals surface area (Å²) in [7, 11) is 0. The largest absolute Gasteiger partial charge is 0.336 e. The summed E-state index contributed by atoms with van der Waals surface area (Å²) in [6.07, 6.45) is 3.08. The molecule has 0 saturated carbocycles. The maximum atomic E-state index is 12.7. The second kappa shape index (κ2) is 6.20. The minimum atomic E-state index is 0.170. The Kier molecular flexibility index (Phi) is 4.59. The van der Waals surface area contributed by atoms with Crippen molar-refractivity contribution in [3.63, 3.8) is 0 Å². The number of nitrogens with zero attached hydrogens (tertiary/aromatic N) is 1. The van der Waals surface area contributed by atoms with Crippen LogP contribution in [0.25, 0.3) is 0 Å². The van der Waals surface area contributed by atoms with E-state index in [0.717, 1.165) is 30.5 Å². The van der Waals surface area contributed by atoms with Crippen LogP contribution < -0.4 is 5.73 Å². The first kappa shape index (κ1) is 14.1. The molecule has 0 aromatic heterocycles. The first-order valence-corrected chi connectivity index (χ1v) is 7.22. The van der Waals surface area contributed by atoms with Gasteiger partial charge >= 0.3 is 0 Å². The molecule has 0 spiro atoms. The van der Waals surface area contributed by atoms with Gasteiger partial charge in [-0.1, -0.05) is 25.1 Å². The SMILES string of the molecule is CC1CCC(C)N(C(=O)c2ccccc2CCN)C1. The number of hydrogen-bond acceptors (Lipinski definition) is 2. The van der Waals surface area contributed by atoms with Gasteiger partial charge in [-0.05, 0) is 50.3 Å². The van der Waals surface area contributed by atoms with Crippen molar-refractivity contribution >= 4 is 5.91 Å². The molecular weight excluding hydrogens is 236 g/mol. The monoisotopic (exact) mass is 260 g/mol. The Hall–Kier alpha value is -1.35. The zero-order valence-corrected chi connectivity index (χ0v) is 11.9. The molecule has 1 heterocycles. The predicted molar refractivity (Wildman–Crippen MR) is 78.1 cm³/mol. The van der Waals surface area contributed by atoms with Crippen molar-refractivity contribution in [1.29, 1.82) is 0 Å². The van der Waals surface area contributed by atoms with Crippen molar-refractivity contribution in [2.45, 2.75) is 39.2 Å². The number of piperidine rings is 1. The molecule has 1 aliphatic rings. The molecule has 1 aliphatic heterocycles. The summed E-state index contributed by atoms with van der Waals surface area (Å²) < 4.78 is 0. The molecule has 19 heavy (non-hydrogen) atoms. The van der Waals surface area contributed by atoms with E-state index in [0.29, 0.717) is 18.5 Å². The highest BCUT2D eigenvalue weighted by atomic mass is 16.2. The summed E-state index contributed by atoms with van der Waals surface area (Å²) in [6, 6.07) is 8.20. The molecule has 1 fully saturated rings. The lowest BCUT2D eigenvalue weighted by atomic mass is 9.93. The van der Waals surface area contributed by atoms with Gasteiger partial charge in [-0.2, -0.15) is 0 Å². The lowest BCUT2D eigenvalue weighted by molar-refractivity contribution is 0.0573. The summed E-state index contributed by atoms with van der Waals surface area (Å²) in [6.45, 7) is 5.82. The third kappa shape index (κ3) is 3.16. The number of benzene rings is 1. The van der Waals surface area contributed by atoms with Crippen molar-refractivity contribution in [2.75, 3.05) is 13.1 Å². The van der Waals surface area contributed by atoms with E-state index in [9.17, 15) is 4.79 Å². The number of amides is 1. The van der Waals surface area contributed by atoms with Crippen molar-refractivity contribution in [2.24, 2.45) is 11.7 Å². The molecule has 2 unspecified atom stereocenters. The first-order valence-electron chi connectivity index (χ1n) is 7.22. The molecule has 2 atom stereocenters. The smallest absolute Gasteiger partial charge is 0.254 e. The van der Waals surface area contributed by atoms with E-state index < -0.39 is 0 Å². The van der Waals surface area contributed by atoms with E-state index in [4.69, 9.17) is 5.73 Å². The van der Waals surface area contributed by atoms with Gasteiger partial charge in [0.25, 0.3) is 5.91 Å². The van der Waals surface area contributed by atoms with Gasteiger partial charge in [0.2, 0.25) is 0 Å². The molecule has 2 rings (SSSR count). The van der Waals surface area contributed by atoms with E-state index >= 15 is 0 Å². The molecule has 0 radical (unpaired) electrons. The number of carbonyl (C=O) groups is 1.